The second-order valence-corrected chi connectivity index (χ2v) is 7.48. The quantitative estimate of drug-likeness (QED) is 0.409. The summed E-state index contributed by atoms with van der Waals surface area (Å²) in [5, 5.41) is 0. The van der Waals surface area contributed by atoms with Crippen molar-refractivity contribution in [2.45, 2.75) is 83.7 Å². The second-order valence-electron chi connectivity index (χ2n) is 7.48. The summed E-state index contributed by atoms with van der Waals surface area (Å²) in [6, 6.07) is 7.51. The monoisotopic (exact) mass is 371 g/mol. The van der Waals surface area contributed by atoms with Crippen LogP contribution in [0.3, 0.4) is 0 Å². The van der Waals surface area contributed by atoms with Gasteiger partial charge in [0.15, 0.2) is 11.9 Å². The zero-order chi connectivity index (χ0) is 19.5. The van der Waals surface area contributed by atoms with E-state index in [0.717, 1.165) is 43.5 Å². The van der Waals surface area contributed by atoms with Crippen LogP contribution in [0.2, 0.25) is 0 Å². The van der Waals surface area contributed by atoms with Crippen LogP contribution in [0.25, 0.3) is 0 Å². The first kappa shape index (κ1) is 21.5. The molecule has 0 radical (unpaired) electrons. The average molecular weight is 372 g/mol. The van der Waals surface area contributed by atoms with Gasteiger partial charge in [0.25, 0.3) is 0 Å². The minimum atomic E-state index is -0.519. The molecular weight excluding hydrogens is 338 g/mol. The lowest BCUT2D eigenvalue weighted by molar-refractivity contribution is -0.117. The number of Topliss-reactive ketones (excluding diaryl/α,β-unsaturated/α-hetero) is 2. The Kier molecular flexibility index (Phi) is 9.40. The summed E-state index contributed by atoms with van der Waals surface area (Å²) in [4.78, 5) is 28.1. The molecule has 1 aliphatic heterocycles. The van der Waals surface area contributed by atoms with Crippen LogP contribution < -0.4 is 0 Å². The Morgan fingerprint density at radius 1 is 0.963 bits per heavy atom. The Hall–Kier alpha value is -1.81. The molecule has 0 fully saturated rings. The lowest BCUT2D eigenvalue weighted by Gasteiger charge is -2.22. The first-order chi connectivity index (χ1) is 13.1. The predicted molar refractivity (Wildman–Crippen MR) is 110 cm³/mol. The zero-order valence-corrected chi connectivity index (χ0v) is 16.8. The summed E-state index contributed by atoms with van der Waals surface area (Å²) in [7, 11) is 1.59. The molecule has 1 unspecified atom stereocenters. The van der Waals surface area contributed by atoms with Crippen molar-refractivity contribution in [2.75, 3.05) is 7.11 Å². The smallest absolute Gasteiger partial charge is 0.199 e. The van der Waals surface area contributed by atoms with Crippen molar-refractivity contribution in [3.05, 3.63) is 29.8 Å². The highest BCUT2D eigenvalue weighted by atomic mass is 16.5. The fourth-order valence-corrected chi connectivity index (χ4v) is 3.63. The molecule has 2 rings (SSSR count). The number of nitrogens with zero attached hydrogens (tertiary/aromatic N) is 1. The van der Waals surface area contributed by atoms with Gasteiger partial charge >= 0.3 is 0 Å². The van der Waals surface area contributed by atoms with Gasteiger partial charge in [0.2, 0.25) is 0 Å². The number of fused-ring (bicyclic) bond motifs is 1. The molecule has 1 aromatic carbocycles. The summed E-state index contributed by atoms with van der Waals surface area (Å²) >= 11 is 0. The largest absolute Gasteiger partial charge is 0.367 e. The molecule has 27 heavy (non-hydrogen) atoms. The summed E-state index contributed by atoms with van der Waals surface area (Å²) in [6.45, 7) is 1.67. The Bertz CT molecular complexity index is 651. The molecule has 0 spiro atoms. The van der Waals surface area contributed by atoms with Gasteiger partial charge in [-0.05, 0) is 38.3 Å². The topological polar surface area (TPSA) is 55.7 Å². The lowest BCUT2D eigenvalue weighted by atomic mass is 9.94. The van der Waals surface area contributed by atoms with E-state index in [4.69, 9.17) is 4.74 Å². The first-order valence-electron chi connectivity index (χ1n) is 10.4. The maximum Gasteiger partial charge on any atom is 0.199 e. The van der Waals surface area contributed by atoms with Gasteiger partial charge < -0.3 is 9.53 Å². The molecular formula is C23H33NO3. The molecule has 0 bridgehead atoms. The zero-order valence-electron chi connectivity index (χ0n) is 16.8. The SMILES string of the molecule is COC1C(=O)c2ccccc2N=C1CCCCCCCCCCCC(C)=O. The number of carbonyl (C=O) groups is 2. The van der Waals surface area contributed by atoms with Crippen LogP contribution in [-0.4, -0.2) is 30.5 Å². The Morgan fingerprint density at radius 3 is 2.19 bits per heavy atom. The van der Waals surface area contributed by atoms with Crippen molar-refractivity contribution < 1.29 is 14.3 Å². The van der Waals surface area contributed by atoms with E-state index in [9.17, 15) is 9.59 Å². The van der Waals surface area contributed by atoms with Crippen LogP contribution in [-0.2, 0) is 9.53 Å². The molecule has 4 heteroatoms. The summed E-state index contributed by atoms with van der Waals surface area (Å²) in [5.41, 5.74) is 2.30. The van der Waals surface area contributed by atoms with Crippen molar-refractivity contribution in [1.29, 1.82) is 0 Å². The summed E-state index contributed by atoms with van der Waals surface area (Å²) < 4.78 is 5.43. The number of hydrogen-bond acceptors (Lipinski definition) is 4. The average Bonchev–Trinajstić information content (AvgIpc) is 2.66. The third-order valence-corrected chi connectivity index (χ3v) is 5.17. The lowest BCUT2D eigenvalue weighted by Crippen LogP contribution is -2.34. The van der Waals surface area contributed by atoms with Gasteiger partial charge in [-0.15, -0.1) is 0 Å². The van der Waals surface area contributed by atoms with Crippen LogP contribution in [0.15, 0.2) is 29.3 Å². The molecule has 0 N–H and O–H groups in total. The molecule has 148 valence electrons. The summed E-state index contributed by atoms with van der Waals surface area (Å²) in [5.74, 6) is 0.335. The number of rotatable bonds is 13. The van der Waals surface area contributed by atoms with E-state index in [1.165, 1.54) is 38.5 Å². The summed E-state index contributed by atoms with van der Waals surface area (Å²) in [6.07, 6.45) is 11.7. The number of ether oxygens (including phenoxy) is 1. The Labute approximate surface area is 163 Å². The third kappa shape index (κ3) is 7.02. The van der Waals surface area contributed by atoms with Crippen molar-refractivity contribution in [1.82, 2.24) is 0 Å². The van der Waals surface area contributed by atoms with Gasteiger partial charge in [0, 0.05) is 19.1 Å². The predicted octanol–water partition coefficient (Wildman–Crippen LogP) is 5.85. The number of aliphatic imine (C=N–C) groups is 1. The fraction of sp³-hybridized carbons (Fsp3) is 0.609. The standard InChI is InChI=1S/C23H33NO3/c1-18(25)14-10-8-6-4-3-5-7-9-11-17-21-23(27-2)22(26)19-15-12-13-16-20(19)24-21/h12-13,15-16,23H,3-11,14,17H2,1-2H3. The van der Waals surface area contributed by atoms with E-state index in [1.54, 1.807) is 14.0 Å². The minimum Gasteiger partial charge on any atom is -0.367 e. The molecule has 0 saturated carbocycles. The van der Waals surface area contributed by atoms with E-state index in [0.29, 0.717) is 11.3 Å². The van der Waals surface area contributed by atoms with Gasteiger partial charge in [0.05, 0.1) is 11.4 Å². The van der Waals surface area contributed by atoms with Gasteiger partial charge in [-0.25, -0.2) is 0 Å². The van der Waals surface area contributed by atoms with Crippen molar-refractivity contribution in [2.24, 2.45) is 4.99 Å². The van der Waals surface area contributed by atoms with Crippen LogP contribution in [0.4, 0.5) is 5.69 Å². The highest BCUT2D eigenvalue weighted by molar-refractivity contribution is 6.20. The van der Waals surface area contributed by atoms with Crippen molar-refractivity contribution in [3.8, 4) is 0 Å². The fourth-order valence-electron chi connectivity index (χ4n) is 3.63. The van der Waals surface area contributed by atoms with Gasteiger partial charge in [-0.1, -0.05) is 57.1 Å². The van der Waals surface area contributed by atoms with Gasteiger partial charge in [-0.2, -0.15) is 0 Å². The van der Waals surface area contributed by atoms with Crippen LogP contribution in [0, 0.1) is 0 Å². The number of para-hydroxylation sites is 1. The number of carbonyl (C=O) groups excluding carboxylic acids is 2. The molecule has 0 aromatic heterocycles. The van der Waals surface area contributed by atoms with E-state index in [1.807, 2.05) is 24.3 Å². The third-order valence-electron chi connectivity index (χ3n) is 5.17. The van der Waals surface area contributed by atoms with Gasteiger partial charge in [-0.3, -0.25) is 9.79 Å². The number of ketones is 2. The highest BCUT2D eigenvalue weighted by Gasteiger charge is 2.30. The maximum atomic E-state index is 12.6. The first-order valence-corrected chi connectivity index (χ1v) is 10.4. The number of benzene rings is 1. The molecule has 1 heterocycles. The van der Waals surface area contributed by atoms with E-state index in [-0.39, 0.29) is 5.78 Å². The number of methoxy groups -OCH3 is 1. The molecule has 0 aliphatic carbocycles. The molecule has 1 aromatic rings. The molecule has 4 nitrogen and oxygen atoms in total. The molecule has 1 atom stereocenters. The normalized spacial score (nSPS) is 16.1. The van der Waals surface area contributed by atoms with Crippen molar-refractivity contribution >= 4 is 23.0 Å². The Morgan fingerprint density at radius 2 is 1.56 bits per heavy atom. The van der Waals surface area contributed by atoms with Crippen LogP contribution in [0.1, 0.15) is 87.9 Å². The van der Waals surface area contributed by atoms with E-state index < -0.39 is 6.10 Å². The van der Waals surface area contributed by atoms with Gasteiger partial charge in [0.1, 0.15) is 5.78 Å². The van der Waals surface area contributed by atoms with Crippen LogP contribution in [0.5, 0.6) is 0 Å². The number of hydrogen-bond donors (Lipinski definition) is 0. The van der Waals surface area contributed by atoms with E-state index >= 15 is 0 Å². The Balaban J connectivity index is 1.62. The highest BCUT2D eigenvalue weighted by Crippen LogP contribution is 2.28. The second kappa shape index (κ2) is 11.8. The van der Waals surface area contributed by atoms with E-state index in [2.05, 4.69) is 4.99 Å². The molecule has 0 amide bonds. The van der Waals surface area contributed by atoms with Crippen molar-refractivity contribution in [3.63, 3.8) is 0 Å². The number of unbranched alkanes of at least 4 members (excludes halogenated alkanes) is 8. The minimum absolute atomic E-state index is 0.0304. The molecule has 1 aliphatic rings. The maximum absolute atomic E-state index is 12.6. The molecule has 0 saturated heterocycles. The van der Waals surface area contributed by atoms with Crippen LogP contribution >= 0.6 is 0 Å².